The predicted octanol–water partition coefficient (Wildman–Crippen LogP) is 2.60. The van der Waals surface area contributed by atoms with E-state index in [4.69, 9.17) is 0 Å². The zero-order chi connectivity index (χ0) is 13.9. The molecule has 1 aromatic carbocycles. The second-order valence-corrected chi connectivity index (χ2v) is 6.64. The fraction of sp³-hybridized carbons (Fsp3) is 0.250. The summed E-state index contributed by atoms with van der Waals surface area (Å²) in [7, 11) is -3.56. The molecule has 0 aliphatic carbocycles. The van der Waals surface area contributed by atoms with E-state index >= 15 is 0 Å². The standard InChI is InChI=1S/C12H14BrN3O2S/c1-2-11(12-14-6-7-15-12)16-19(17,18)10-5-3-4-9(13)8-10/h3-8,11,16H,2H2,1H3,(H,14,15). The molecule has 1 unspecified atom stereocenters. The van der Waals surface area contributed by atoms with Crippen molar-refractivity contribution < 1.29 is 8.42 Å². The van der Waals surface area contributed by atoms with Gasteiger partial charge in [0.05, 0.1) is 10.9 Å². The first kappa shape index (κ1) is 14.2. The lowest BCUT2D eigenvalue weighted by Crippen LogP contribution is -2.29. The third-order valence-electron chi connectivity index (χ3n) is 2.66. The molecule has 2 N–H and O–H groups in total. The van der Waals surface area contributed by atoms with Crippen LogP contribution in [-0.4, -0.2) is 18.4 Å². The highest BCUT2D eigenvalue weighted by Gasteiger charge is 2.21. The van der Waals surface area contributed by atoms with E-state index in [1.807, 2.05) is 6.92 Å². The first-order valence-electron chi connectivity index (χ1n) is 5.80. The molecular weight excluding hydrogens is 330 g/mol. The number of benzene rings is 1. The summed E-state index contributed by atoms with van der Waals surface area (Å²) < 4.78 is 27.9. The van der Waals surface area contributed by atoms with Crippen molar-refractivity contribution >= 4 is 26.0 Å². The maximum Gasteiger partial charge on any atom is 0.241 e. The van der Waals surface area contributed by atoms with E-state index in [1.165, 1.54) is 0 Å². The fourth-order valence-corrected chi connectivity index (χ4v) is 3.57. The van der Waals surface area contributed by atoms with Crippen LogP contribution in [0.1, 0.15) is 25.2 Å². The molecule has 0 amide bonds. The highest BCUT2D eigenvalue weighted by Crippen LogP contribution is 2.19. The number of imidazole rings is 1. The second-order valence-electron chi connectivity index (χ2n) is 4.01. The van der Waals surface area contributed by atoms with Gasteiger partial charge in [-0.1, -0.05) is 28.9 Å². The van der Waals surface area contributed by atoms with Crippen LogP contribution in [0.5, 0.6) is 0 Å². The highest BCUT2D eigenvalue weighted by atomic mass is 79.9. The van der Waals surface area contributed by atoms with Crippen LogP contribution in [0.2, 0.25) is 0 Å². The van der Waals surface area contributed by atoms with Crippen LogP contribution >= 0.6 is 15.9 Å². The molecule has 19 heavy (non-hydrogen) atoms. The van der Waals surface area contributed by atoms with Gasteiger partial charge in [0.1, 0.15) is 5.82 Å². The molecular formula is C12H14BrN3O2S. The number of aromatic nitrogens is 2. The van der Waals surface area contributed by atoms with Gasteiger partial charge < -0.3 is 4.98 Å². The number of rotatable bonds is 5. The smallest absolute Gasteiger partial charge is 0.241 e. The number of nitrogens with zero attached hydrogens (tertiary/aromatic N) is 1. The van der Waals surface area contributed by atoms with Gasteiger partial charge >= 0.3 is 0 Å². The van der Waals surface area contributed by atoms with Gasteiger partial charge in [-0.25, -0.2) is 18.1 Å². The minimum absolute atomic E-state index is 0.229. The van der Waals surface area contributed by atoms with E-state index in [0.717, 1.165) is 4.47 Å². The van der Waals surface area contributed by atoms with Crippen LogP contribution in [0.15, 0.2) is 46.0 Å². The summed E-state index contributed by atoms with van der Waals surface area (Å²) in [5.41, 5.74) is 0. The number of hydrogen-bond acceptors (Lipinski definition) is 3. The summed E-state index contributed by atoms with van der Waals surface area (Å²) in [5.74, 6) is 0.612. The SMILES string of the molecule is CCC(NS(=O)(=O)c1cccc(Br)c1)c1ncc[nH]1. The van der Waals surface area contributed by atoms with Crippen molar-refractivity contribution in [3.8, 4) is 0 Å². The Hall–Kier alpha value is -1.18. The molecule has 0 radical (unpaired) electrons. The Kier molecular flexibility index (Phi) is 4.38. The lowest BCUT2D eigenvalue weighted by Gasteiger charge is -2.15. The third-order valence-corrected chi connectivity index (χ3v) is 4.62. The van der Waals surface area contributed by atoms with Crippen molar-refractivity contribution in [3.63, 3.8) is 0 Å². The maximum atomic E-state index is 12.3. The summed E-state index contributed by atoms with van der Waals surface area (Å²) in [4.78, 5) is 7.25. The summed E-state index contributed by atoms with van der Waals surface area (Å²) in [6.45, 7) is 1.90. The van der Waals surface area contributed by atoms with Crippen molar-refractivity contribution in [2.24, 2.45) is 0 Å². The number of nitrogens with one attached hydrogen (secondary N) is 2. The van der Waals surface area contributed by atoms with Crippen molar-refractivity contribution in [2.45, 2.75) is 24.3 Å². The quantitative estimate of drug-likeness (QED) is 0.876. The molecule has 0 aliphatic heterocycles. The first-order chi connectivity index (χ1) is 9.03. The zero-order valence-corrected chi connectivity index (χ0v) is 12.7. The lowest BCUT2D eigenvalue weighted by molar-refractivity contribution is 0.539. The van der Waals surface area contributed by atoms with E-state index in [1.54, 1.807) is 36.7 Å². The first-order valence-corrected chi connectivity index (χ1v) is 8.07. The second kappa shape index (κ2) is 5.85. The van der Waals surface area contributed by atoms with Crippen LogP contribution in [0.25, 0.3) is 0 Å². The molecule has 5 nitrogen and oxygen atoms in total. The lowest BCUT2D eigenvalue weighted by atomic mass is 10.2. The van der Waals surface area contributed by atoms with Gasteiger partial charge in [0.2, 0.25) is 10.0 Å². The van der Waals surface area contributed by atoms with Gasteiger partial charge in [0, 0.05) is 16.9 Å². The van der Waals surface area contributed by atoms with Gasteiger partial charge in [-0.3, -0.25) is 0 Å². The molecule has 1 heterocycles. The molecule has 0 spiro atoms. The molecule has 7 heteroatoms. The predicted molar refractivity (Wildman–Crippen MR) is 76.1 cm³/mol. The molecule has 0 fully saturated rings. The Morgan fingerprint density at radius 2 is 2.26 bits per heavy atom. The Labute approximate surface area is 120 Å². The van der Waals surface area contributed by atoms with Crippen LogP contribution in [0, 0.1) is 0 Å². The van der Waals surface area contributed by atoms with E-state index in [0.29, 0.717) is 12.2 Å². The summed E-state index contributed by atoms with van der Waals surface area (Å²) in [6.07, 6.45) is 3.89. The summed E-state index contributed by atoms with van der Waals surface area (Å²) >= 11 is 3.27. The average Bonchev–Trinajstić information content (AvgIpc) is 2.90. The number of aromatic amines is 1. The van der Waals surface area contributed by atoms with Crippen LogP contribution < -0.4 is 4.72 Å². The van der Waals surface area contributed by atoms with Gasteiger partial charge in [0.25, 0.3) is 0 Å². The average molecular weight is 344 g/mol. The van der Waals surface area contributed by atoms with E-state index in [9.17, 15) is 8.42 Å². The minimum Gasteiger partial charge on any atom is -0.347 e. The molecule has 0 aliphatic rings. The maximum absolute atomic E-state index is 12.3. The number of halogens is 1. The Morgan fingerprint density at radius 1 is 1.47 bits per heavy atom. The topological polar surface area (TPSA) is 74.8 Å². The summed E-state index contributed by atoms with van der Waals surface area (Å²) in [6, 6.07) is 6.23. The Balaban J connectivity index is 2.26. The molecule has 2 rings (SSSR count). The summed E-state index contributed by atoms with van der Waals surface area (Å²) in [5, 5.41) is 0. The largest absolute Gasteiger partial charge is 0.347 e. The van der Waals surface area contributed by atoms with Crippen molar-refractivity contribution in [2.75, 3.05) is 0 Å². The molecule has 0 saturated carbocycles. The van der Waals surface area contributed by atoms with Gasteiger partial charge in [-0.15, -0.1) is 0 Å². The van der Waals surface area contributed by atoms with Crippen LogP contribution in [-0.2, 0) is 10.0 Å². The van der Waals surface area contributed by atoms with Crippen molar-refractivity contribution in [1.82, 2.24) is 14.7 Å². The highest BCUT2D eigenvalue weighted by molar-refractivity contribution is 9.10. The number of H-pyrrole nitrogens is 1. The molecule has 1 atom stereocenters. The van der Waals surface area contributed by atoms with Gasteiger partial charge in [0.15, 0.2) is 0 Å². The Bertz CT molecular complexity index is 641. The number of hydrogen-bond donors (Lipinski definition) is 2. The van der Waals surface area contributed by atoms with Crippen molar-refractivity contribution in [1.29, 1.82) is 0 Å². The Morgan fingerprint density at radius 3 is 2.84 bits per heavy atom. The van der Waals surface area contributed by atoms with Gasteiger partial charge in [-0.2, -0.15) is 0 Å². The molecule has 1 aromatic heterocycles. The van der Waals surface area contributed by atoms with Crippen LogP contribution in [0.4, 0.5) is 0 Å². The van der Waals surface area contributed by atoms with E-state index < -0.39 is 10.0 Å². The zero-order valence-electron chi connectivity index (χ0n) is 10.3. The van der Waals surface area contributed by atoms with Crippen molar-refractivity contribution in [3.05, 3.63) is 47.0 Å². The monoisotopic (exact) mass is 343 g/mol. The van der Waals surface area contributed by atoms with E-state index in [2.05, 4.69) is 30.6 Å². The molecule has 0 bridgehead atoms. The number of sulfonamides is 1. The third kappa shape index (κ3) is 3.43. The van der Waals surface area contributed by atoms with Gasteiger partial charge in [-0.05, 0) is 24.6 Å². The molecule has 2 aromatic rings. The molecule has 0 saturated heterocycles. The van der Waals surface area contributed by atoms with Crippen LogP contribution in [0.3, 0.4) is 0 Å². The fourth-order valence-electron chi connectivity index (χ4n) is 1.69. The molecule has 102 valence electrons. The minimum atomic E-state index is -3.56. The van der Waals surface area contributed by atoms with E-state index in [-0.39, 0.29) is 10.9 Å². The normalized spacial score (nSPS) is 13.4.